The predicted molar refractivity (Wildman–Crippen MR) is 57.8 cm³/mol. The third kappa shape index (κ3) is 6.34. The molecule has 86 valence electrons. The summed E-state index contributed by atoms with van der Waals surface area (Å²) in [6, 6.07) is 0. The van der Waals surface area contributed by atoms with Crippen molar-refractivity contribution < 1.29 is 13.2 Å². The van der Waals surface area contributed by atoms with Gasteiger partial charge in [-0.15, -0.1) is 0 Å². The van der Waals surface area contributed by atoms with Crippen LogP contribution in [0.2, 0.25) is 0 Å². The van der Waals surface area contributed by atoms with Gasteiger partial charge in [0.1, 0.15) is 0 Å². The highest BCUT2D eigenvalue weighted by molar-refractivity contribution is 7.90. The summed E-state index contributed by atoms with van der Waals surface area (Å²) in [6.07, 6.45) is 2.12. The second-order valence-corrected chi connectivity index (χ2v) is 5.78. The van der Waals surface area contributed by atoms with Gasteiger partial charge in [0.15, 0.2) is 0 Å². The molecule has 0 saturated carbocycles. The van der Waals surface area contributed by atoms with E-state index in [9.17, 15) is 8.42 Å². The molecule has 0 saturated heterocycles. The van der Waals surface area contributed by atoms with Crippen LogP contribution in [0.5, 0.6) is 0 Å². The van der Waals surface area contributed by atoms with Crippen molar-refractivity contribution in [3.05, 3.63) is 0 Å². The van der Waals surface area contributed by atoms with Gasteiger partial charge in [-0.05, 0) is 20.3 Å². The number of rotatable bonds is 8. The molecule has 0 aromatic rings. The van der Waals surface area contributed by atoms with Crippen LogP contribution in [-0.4, -0.2) is 33.4 Å². The fourth-order valence-electron chi connectivity index (χ4n) is 0.771. The molecule has 0 rings (SSSR count). The molecule has 0 radical (unpaired) electrons. The first kappa shape index (κ1) is 13.9. The zero-order chi connectivity index (χ0) is 11.0. The normalized spacial score (nSPS) is 12.3. The van der Waals surface area contributed by atoms with E-state index in [2.05, 4.69) is 11.6 Å². The fourth-order valence-corrected chi connectivity index (χ4v) is 1.47. The largest absolute Gasteiger partial charge is 0.380 e. The van der Waals surface area contributed by atoms with Gasteiger partial charge in [-0.2, -0.15) is 0 Å². The Morgan fingerprint density at radius 3 is 2.43 bits per heavy atom. The lowest BCUT2D eigenvalue weighted by molar-refractivity contribution is 0.136. The van der Waals surface area contributed by atoms with E-state index in [1.54, 1.807) is 13.8 Å². The van der Waals surface area contributed by atoms with Crippen molar-refractivity contribution in [1.82, 2.24) is 4.72 Å². The Labute approximate surface area is 87.1 Å². The van der Waals surface area contributed by atoms with E-state index >= 15 is 0 Å². The molecule has 0 fully saturated rings. The highest BCUT2D eigenvalue weighted by Gasteiger charge is 2.13. The van der Waals surface area contributed by atoms with Gasteiger partial charge in [-0.25, -0.2) is 13.1 Å². The van der Waals surface area contributed by atoms with Gasteiger partial charge in [0, 0.05) is 13.2 Å². The molecule has 0 aliphatic heterocycles. The molecule has 0 heterocycles. The van der Waals surface area contributed by atoms with Crippen molar-refractivity contribution in [1.29, 1.82) is 0 Å². The summed E-state index contributed by atoms with van der Waals surface area (Å²) in [4.78, 5) is 0. The van der Waals surface area contributed by atoms with Crippen LogP contribution in [0.15, 0.2) is 0 Å². The van der Waals surface area contributed by atoms with Crippen LogP contribution in [-0.2, 0) is 14.8 Å². The minimum Gasteiger partial charge on any atom is -0.380 e. The quantitative estimate of drug-likeness (QED) is 0.628. The number of hydrogen-bond donors (Lipinski definition) is 1. The molecule has 0 aromatic carbocycles. The number of unbranched alkanes of at least 4 members (excludes halogenated alkanes) is 1. The summed E-state index contributed by atoms with van der Waals surface area (Å²) in [5, 5.41) is -0.377. The molecule has 0 unspecified atom stereocenters. The van der Waals surface area contributed by atoms with Gasteiger partial charge in [0.2, 0.25) is 10.0 Å². The lowest BCUT2D eigenvalue weighted by atomic mass is 10.4. The zero-order valence-corrected chi connectivity index (χ0v) is 10.1. The molecule has 0 aromatic heterocycles. The topological polar surface area (TPSA) is 55.4 Å². The van der Waals surface area contributed by atoms with Crippen LogP contribution >= 0.6 is 0 Å². The maximum atomic E-state index is 11.3. The number of nitrogens with one attached hydrogen (secondary N) is 1. The number of sulfonamides is 1. The van der Waals surface area contributed by atoms with E-state index in [-0.39, 0.29) is 5.25 Å². The minimum atomic E-state index is -3.12. The lowest BCUT2D eigenvalue weighted by Gasteiger charge is -2.09. The molecule has 0 aliphatic carbocycles. The molecular weight excluding hydrogens is 202 g/mol. The first-order valence-corrected chi connectivity index (χ1v) is 6.61. The van der Waals surface area contributed by atoms with Crippen molar-refractivity contribution >= 4 is 10.0 Å². The van der Waals surface area contributed by atoms with Crippen LogP contribution in [0.25, 0.3) is 0 Å². The highest BCUT2D eigenvalue weighted by atomic mass is 32.2. The van der Waals surface area contributed by atoms with E-state index in [4.69, 9.17) is 4.74 Å². The summed E-state index contributed by atoms with van der Waals surface area (Å²) in [5.74, 6) is 0. The van der Waals surface area contributed by atoms with E-state index in [0.29, 0.717) is 19.8 Å². The van der Waals surface area contributed by atoms with Gasteiger partial charge in [0.05, 0.1) is 11.9 Å². The Kier molecular flexibility index (Phi) is 7.13. The van der Waals surface area contributed by atoms with E-state index < -0.39 is 10.0 Å². The Hall–Kier alpha value is -0.130. The minimum absolute atomic E-state index is 0.365. The van der Waals surface area contributed by atoms with Crippen molar-refractivity contribution in [2.45, 2.75) is 38.9 Å². The zero-order valence-electron chi connectivity index (χ0n) is 9.25. The van der Waals surface area contributed by atoms with Crippen LogP contribution in [0.3, 0.4) is 0 Å². The SMILES string of the molecule is CCCCOCCNS(=O)(=O)C(C)C. The van der Waals surface area contributed by atoms with Crippen LogP contribution < -0.4 is 4.72 Å². The molecular formula is C9H21NO3S. The molecule has 5 heteroatoms. The second kappa shape index (κ2) is 7.20. The van der Waals surface area contributed by atoms with Gasteiger partial charge in [-0.1, -0.05) is 13.3 Å². The molecule has 14 heavy (non-hydrogen) atoms. The standard InChI is InChI=1S/C9H21NO3S/c1-4-5-7-13-8-6-10-14(11,12)9(2)3/h9-10H,4-8H2,1-3H3. The highest BCUT2D eigenvalue weighted by Crippen LogP contribution is 1.94. The molecule has 0 amide bonds. The Morgan fingerprint density at radius 2 is 1.93 bits per heavy atom. The fraction of sp³-hybridized carbons (Fsp3) is 1.00. The lowest BCUT2D eigenvalue weighted by Crippen LogP contribution is -2.33. The monoisotopic (exact) mass is 223 g/mol. The van der Waals surface area contributed by atoms with Gasteiger partial charge in [0.25, 0.3) is 0 Å². The molecule has 1 N–H and O–H groups in total. The summed E-state index contributed by atoms with van der Waals surface area (Å²) < 4.78 is 30.2. The summed E-state index contributed by atoms with van der Waals surface area (Å²) in [5.41, 5.74) is 0. The van der Waals surface area contributed by atoms with Crippen molar-refractivity contribution in [2.75, 3.05) is 19.8 Å². The number of hydrogen-bond acceptors (Lipinski definition) is 3. The average Bonchev–Trinajstić information content (AvgIpc) is 2.10. The molecule has 0 spiro atoms. The molecule has 0 bridgehead atoms. The molecule has 0 aliphatic rings. The average molecular weight is 223 g/mol. The summed E-state index contributed by atoms with van der Waals surface area (Å²) in [7, 11) is -3.12. The first-order chi connectivity index (χ1) is 6.50. The van der Waals surface area contributed by atoms with Crippen LogP contribution in [0.1, 0.15) is 33.6 Å². The number of ether oxygens (including phenoxy) is 1. The molecule has 4 nitrogen and oxygen atoms in total. The Morgan fingerprint density at radius 1 is 1.29 bits per heavy atom. The van der Waals surface area contributed by atoms with Crippen LogP contribution in [0, 0.1) is 0 Å². The van der Waals surface area contributed by atoms with Crippen molar-refractivity contribution in [2.24, 2.45) is 0 Å². The Bertz CT molecular complexity index is 224. The van der Waals surface area contributed by atoms with E-state index in [1.807, 2.05) is 0 Å². The Balaban J connectivity index is 3.46. The maximum absolute atomic E-state index is 11.3. The van der Waals surface area contributed by atoms with Gasteiger partial charge < -0.3 is 4.74 Å². The third-order valence-corrected chi connectivity index (χ3v) is 3.66. The van der Waals surface area contributed by atoms with Crippen LogP contribution in [0.4, 0.5) is 0 Å². The van der Waals surface area contributed by atoms with E-state index in [0.717, 1.165) is 12.8 Å². The maximum Gasteiger partial charge on any atom is 0.214 e. The van der Waals surface area contributed by atoms with Crippen molar-refractivity contribution in [3.8, 4) is 0 Å². The molecule has 0 atom stereocenters. The smallest absolute Gasteiger partial charge is 0.214 e. The second-order valence-electron chi connectivity index (χ2n) is 3.45. The van der Waals surface area contributed by atoms with E-state index in [1.165, 1.54) is 0 Å². The van der Waals surface area contributed by atoms with Crippen molar-refractivity contribution in [3.63, 3.8) is 0 Å². The summed E-state index contributed by atoms with van der Waals surface area (Å²) in [6.45, 7) is 6.92. The summed E-state index contributed by atoms with van der Waals surface area (Å²) >= 11 is 0. The van der Waals surface area contributed by atoms with Gasteiger partial charge >= 0.3 is 0 Å². The predicted octanol–water partition coefficient (Wildman–Crippen LogP) is 1.13. The third-order valence-electron chi connectivity index (χ3n) is 1.81. The van der Waals surface area contributed by atoms with Gasteiger partial charge in [-0.3, -0.25) is 0 Å². The first-order valence-electron chi connectivity index (χ1n) is 5.07.